The Bertz CT molecular complexity index is 786. The number of nitrogens with one attached hydrogen (secondary N) is 1. The van der Waals surface area contributed by atoms with E-state index in [0.717, 1.165) is 26.2 Å². The van der Waals surface area contributed by atoms with Crippen molar-refractivity contribution in [3.8, 4) is 5.75 Å². The van der Waals surface area contributed by atoms with E-state index in [1.165, 1.54) is 11.3 Å². The van der Waals surface area contributed by atoms with Gasteiger partial charge in [-0.15, -0.1) is 11.3 Å². The first-order valence-electron chi connectivity index (χ1n) is 7.35. The molecule has 0 atom stereocenters. The molecule has 2 amide bonds. The molecule has 0 saturated carbocycles. The van der Waals surface area contributed by atoms with Crippen molar-refractivity contribution in [3.63, 3.8) is 0 Å². The standard InChI is InChI=1S/C17H19BrN2O3S/c1-9-10(2)24-17(15(9)16(19)22)20-14(21)7-5-11-4-6-13(23-3)12(18)8-11/h4,6,8H,5,7H2,1-3H3,(H2,19,22)(H,20,21). The molecule has 0 unspecified atom stereocenters. The summed E-state index contributed by atoms with van der Waals surface area (Å²) in [5, 5.41) is 3.33. The third kappa shape index (κ3) is 4.15. The Balaban J connectivity index is 2.03. The lowest BCUT2D eigenvalue weighted by Gasteiger charge is -2.07. The summed E-state index contributed by atoms with van der Waals surface area (Å²) in [6.45, 7) is 3.73. The Morgan fingerprint density at radius 2 is 2.04 bits per heavy atom. The topological polar surface area (TPSA) is 81.4 Å². The number of rotatable bonds is 6. The van der Waals surface area contributed by atoms with Crippen LogP contribution in [0.3, 0.4) is 0 Å². The van der Waals surface area contributed by atoms with Gasteiger partial charge in [-0.2, -0.15) is 0 Å². The van der Waals surface area contributed by atoms with E-state index in [-0.39, 0.29) is 5.91 Å². The van der Waals surface area contributed by atoms with Gasteiger partial charge in [0, 0.05) is 11.3 Å². The van der Waals surface area contributed by atoms with Crippen molar-refractivity contribution in [3.05, 3.63) is 44.2 Å². The fourth-order valence-corrected chi connectivity index (χ4v) is 3.99. The number of methoxy groups -OCH3 is 1. The molecule has 128 valence electrons. The molecule has 0 saturated heterocycles. The SMILES string of the molecule is COc1ccc(CCC(=O)Nc2sc(C)c(C)c2C(N)=O)cc1Br. The maximum absolute atomic E-state index is 12.2. The Morgan fingerprint density at radius 1 is 1.33 bits per heavy atom. The molecule has 0 aliphatic carbocycles. The van der Waals surface area contributed by atoms with E-state index in [1.54, 1.807) is 7.11 Å². The fraction of sp³-hybridized carbons (Fsp3) is 0.294. The van der Waals surface area contributed by atoms with Crippen LogP contribution in [0.5, 0.6) is 5.75 Å². The van der Waals surface area contributed by atoms with Crippen LogP contribution in [-0.2, 0) is 11.2 Å². The number of aryl methyl sites for hydroxylation is 2. The molecule has 0 aliphatic rings. The van der Waals surface area contributed by atoms with Crippen molar-refractivity contribution in [1.82, 2.24) is 0 Å². The molecule has 3 N–H and O–H groups in total. The number of primary amides is 1. The minimum atomic E-state index is -0.522. The molecule has 24 heavy (non-hydrogen) atoms. The third-order valence-electron chi connectivity index (χ3n) is 3.74. The summed E-state index contributed by atoms with van der Waals surface area (Å²) in [6, 6.07) is 5.71. The molecular formula is C17H19BrN2O3S. The van der Waals surface area contributed by atoms with Crippen LogP contribution in [0.15, 0.2) is 22.7 Å². The van der Waals surface area contributed by atoms with Gasteiger partial charge in [0.1, 0.15) is 10.8 Å². The monoisotopic (exact) mass is 410 g/mol. The highest BCUT2D eigenvalue weighted by atomic mass is 79.9. The molecule has 1 aromatic heterocycles. The first-order valence-corrected chi connectivity index (χ1v) is 8.96. The number of carbonyl (C=O) groups excluding carboxylic acids is 2. The zero-order valence-electron chi connectivity index (χ0n) is 13.7. The van der Waals surface area contributed by atoms with Crippen LogP contribution in [0.25, 0.3) is 0 Å². The highest BCUT2D eigenvalue weighted by Crippen LogP contribution is 2.32. The molecule has 7 heteroatoms. The molecule has 5 nitrogen and oxygen atoms in total. The van der Waals surface area contributed by atoms with Gasteiger partial charge < -0.3 is 15.8 Å². The van der Waals surface area contributed by atoms with Crippen LogP contribution < -0.4 is 15.8 Å². The molecule has 1 heterocycles. The fourth-order valence-electron chi connectivity index (χ4n) is 2.32. The number of nitrogens with two attached hydrogens (primary N) is 1. The smallest absolute Gasteiger partial charge is 0.251 e. The summed E-state index contributed by atoms with van der Waals surface area (Å²) in [5.74, 6) is 0.0794. The van der Waals surface area contributed by atoms with Gasteiger partial charge in [0.25, 0.3) is 5.91 Å². The summed E-state index contributed by atoms with van der Waals surface area (Å²) in [6.07, 6.45) is 0.899. The average Bonchev–Trinajstić information content (AvgIpc) is 2.79. The highest BCUT2D eigenvalue weighted by Gasteiger charge is 2.18. The molecule has 0 radical (unpaired) electrons. The lowest BCUT2D eigenvalue weighted by atomic mass is 10.1. The molecule has 1 aromatic carbocycles. The number of anilines is 1. The minimum Gasteiger partial charge on any atom is -0.496 e. The second kappa shape index (κ2) is 7.81. The van der Waals surface area contributed by atoms with Crippen molar-refractivity contribution < 1.29 is 14.3 Å². The Hall–Kier alpha value is -1.86. The molecular weight excluding hydrogens is 392 g/mol. The number of hydrogen-bond acceptors (Lipinski definition) is 4. The summed E-state index contributed by atoms with van der Waals surface area (Å²) in [5.41, 5.74) is 7.65. The Labute approximate surface area is 153 Å². The number of hydrogen-bond donors (Lipinski definition) is 2. The van der Waals surface area contributed by atoms with Crippen molar-refractivity contribution in [2.45, 2.75) is 26.7 Å². The van der Waals surface area contributed by atoms with Gasteiger partial charge in [0.2, 0.25) is 5.91 Å². The van der Waals surface area contributed by atoms with Crippen LogP contribution in [0.2, 0.25) is 0 Å². The predicted molar refractivity (Wildman–Crippen MR) is 100.0 cm³/mol. The van der Waals surface area contributed by atoms with E-state index in [9.17, 15) is 9.59 Å². The molecule has 0 fully saturated rings. The van der Waals surface area contributed by atoms with E-state index >= 15 is 0 Å². The van der Waals surface area contributed by atoms with E-state index < -0.39 is 5.91 Å². The van der Waals surface area contributed by atoms with Crippen molar-refractivity contribution in [2.75, 3.05) is 12.4 Å². The van der Waals surface area contributed by atoms with Crippen molar-refractivity contribution >= 4 is 44.1 Å². The van der Waals surface area contributed by atoms with Gasteiger partial charge in [-0.05, 0) is 59.5 Å². The van der Waals surface area contributed by atoms with Gasteiger partial charge in [0.05, 0.1) is 17.1 Å². The van der Waals surface area contributed by atoms with Gasteiger partial charge in [0.15, 0.2) is 0 Å². The number of ether oxygens (including phenoxy) is 1. The lowest BCUT2D eigenvalue weighted by Crippen LogP contribution is -2.17. The molecule has 2 aromatic rings. The van der Waals surface area contributed by atoms with Gasteiger partial charge >= 0.3 is 0 Å². The highest BCUT2D eigenvalue weighted by molar-refractivity contribution is 9.10. The average molecular weight is 411 g/mol. The quantitative estimate of drug-likeness (QED) is 0.759. The number of benzene rings is 1. The first-order chi connectivity index (χ1) is 11.3. The number of halogens is 1. The maximum Gasteiger partial charge on any atom is 0.251 e. The van der Waals surface area contributed by atoms with Crippen LogP contribution >= 0.6 is 27.3 Å². The van der Waals surface area contributed by atoms with Crippen LogP contribution in [-0.4, -0.2) is 18.9 Å². The summed E-state index contributed by atoms with van der Waals surface area (Å²) in [7, 11) is 1.61. The normalized spacial score (nSPS) is 10.5. The van der Waals surface area contributed by atoms with Gasteiger partial charge in [-0.25, -0.2) is 0 Å². The van der Waals surface area contributed by atoms with Gasteiger partial charge in [-0.3, -0.25) is 9.59 Å². The molecule has 0 spiro atoms. The second-order valence-electron chi connectivity index (χ2n) is 5.37. The van der Waals surface area contributed by atoms with Crippen molar-refractivity contribution in [1.29, 1.82) is 0 Å². The van der Waals surface area contributed by atoms with Crippen LogP contribution in [0.4, 0.5) is 5.00 Å². The predicted octanol–water partition coefficient (Wildman–Crippen LogP) is 3.81. The Morgan fingerprint density at radius 3 is 2.62 bits per heavy atom. The summed E-state index contributed by atoms with van der Waals surface area (Å²) < 4.78 is 6.04. The molecule has 2 rings (SSSR count). The van der Waals surface area contributed by atoms with Crippen LogP contribution in [0.1, 0.15) is 32.8 Å². The maximum atomic E-state index is 12.2. The van der Waals surface area contributed by atoms with Crippen molar-refractivity contribution in [2.24, 2.45) is 5.73 Å². The molecule has 0 aliphatic heterocycles. The van der Waals surface area contributed by atoms with Gasteiger partial charge in [-0.1, -0.05) is 6.07 Å². The third-order valence-corrected chi connectivity index (χ3v) is 5.48. The lowest BCUT2D eigenvalue weighted by molar-refractivity contribution is -0.116. The zero-order chi connectivity index (χ0) is 17.9. The zero-order valence-corrected chi connectivity index (χ0v) is 16.1. The van der Waals surface area contributed by atoms with E-state index in [2.05, 4.69) is 21.2 Å². The number of thiophene rings is 1. The first kappa shape index (κ1) is 18.5. The summed E-state index contributed by atoms with van der Waals surface area (Å²) in [4.78, 5) is 24.7. The van der Waals surface area contributed by atoms with E-state index in [1.807, 2.05) is 32.0 Å². The second-order valence-corrected chi connectivity index (χ2v) is 7.45. The minimum absolute atomic E-state index is 0.148. The Kier molecular flexibility index (Phi) is 6.01. The molecule has 0 bridgehead atoms. The summed E-state index contributed by atoms with van der Waals surface area (Å²) >= 11 is 4.80. The van der Waals surface area contributed by atoms with Crippen LogP contribution in [0, 0.1) is 13.8 Å². The number of amides is 2. The largest absolute Gasteiger partial charge is 0.496 e. The van der Waals surface area contributed by atoms with E-state index in [0.29, 0.717) is 23.4 Å². The number of carbonyl (C=O) groups is 2. The van der Waals surface area contributed by atoms with E-state index in [4.69, 9.17) is 10.5 Å².